The van der Waals surface area contributed by atoms with Gasteiger partial charge in [0.25, 0.3) is 0 Å². The van der Waals surface area contributed by atoms with Crippen molar-refractivity contribution in [2.75, 3.05) is 0 Å². The van der Waals surface area contributed by atoms with Gasteiger partial charge in [0.05, 0.1) is 6.20 Å². The Labute approximate surface area is 79.9 Å². The van der Waals surface area contributed by atoms with Crippen LogP contribution < -0.4 is 0 Å². The van der Waals surface area contributed by atoms with Crippen LogP contribution in [0.2, 0.25) is 0 Å². The zero-order valence-electron chi connectivity index (χ0n) is 9.69. The van der Waals surface area contributed by atoms with Crippen LogP contribution in [-0.2, 0) is 0 Å². The molecule has 1 N–H and O–H groups in total. The van der Waals surface area contributed by atoms with Crippen molar-refractivity contribution >= 4 is 0 Å². The van der Waals surface area contributed by atoms with Crippen LogP contribution in [0.1, 0.15) is 10.0 Å². The van der Waals surface area contributed by atoms with E-state index in [1.807, 2.05) is 0 Å². The maximum absolute atomic E-state index is 9.27. The van der Waals surface area contributed by atoms with Crippen molar-refractivity contribution in [2.24, 2.45) is 0 Å². The standard InChI is InChI=1S/C10H9NO2/c1-7-11-6-10(13-7)8-3-2-4-9(12)5-8/h2-6,12H,1H3/i1D3. The molecule has 0 saturated heterocycles. The second kappa shape index (κ2) is 2.94. The third kappa shape index (κ3) is 1.54. The van der Waals surface area contributed by atoms with Gasteiger partial charge in [-0.3, -0.25) is 0 Å². The Morgan fingerprint density at radius 1 is 1.54 bits per heavy atom. The van der Waals surface area contributed by atoms with Gasteiger partial charge in [0.2, 0.25) is 0 Å². The van der Waals surface area contributed by atoms with Gasteiger partial charge in [-0.05, 0) is 12.1 Å². The van der Waals surface area contributed by atoms with Crippen LogP contribution in [0.3, 0.4) is 0 Å². The van der Waals surface area contributed by atoms with E-state index in [4.69, 9.17) is 8.53 Å². The number of aryl methyl sites for hydroxylation is 1. The zero-order chi connectivity index (χ0) is 11.8. The van der Waals surface area contributed by atoms with Gasteiger partial charge in [-0.1, -0.05) is 12.1 Å². The fourth-order valence-electron chi connectivity index (χ4n) is 1.07. The van der Waals surface area contributed by atoms with Crippen molar-refractivity contribution in [1.29, 1.82) is 0 Å². The second-order valence-electron chi connectivity index (χ2n) is 2.58. The molecule has 0 amide bonds. The third-order valence-corrected chi connectivity index (χ3v) is 1.64. The zero-order valence-corrected chi connectivity index (χ0v) is 6.69. The van der Waals surface area contributed by atoms with Crippen LogP contribution in [0.25, 0.3) is 11.3 Å². The molecule has 2 rings (SSSR count). The third-order valence-electron chi connectivity index (χ3n) is 1.64. The summed E-state index contributed by atoms with van der Waals surface area (Å²) < 4.78 is 26.5. The lowest BCUT2D eigenvalue weighted by atomic mass is 10.2. The number of aromatic nitrogens is 1. The topological polar surface area (TPSA) is 46.3 Å². The number of hydrogen-bond donors (Lipinski definition) is 1. The van der Waals surface area contributed by atoms with E-state index >= 15 is 0 Å². The van der Waals surface area contributed by atoms with Gasteiger partial charge in [0.15, 0.2) is 11.7 Å². The van der Waals surface area contributed by atoms with Crippen LogP contribution in [0.5, 0.6) is 5.75 Å². The Morgan fingerprint density at radius 2 is 2.46 bits per heavy atom. The number of phenolic OH excluding ortho intramolecular Hbond substituents is 1. The molecule has 0 aliphatic rings. The second-order valence-corrected chi connectivity index (χ2v) is 2.58. The highest BCUT2D eigenvalue weighted by atomic mass is 16.4. The Hall–Kier alpha value is -1.77. The monoisotopic (exact) mass is 178 g/mol. The molecule has 0 spiro atoms. The Bertz CT molecular complexity index is 505. The Kier molecular flexibility index (Phi) is 1.14. The molecule has 1 heterocycles. The summed E-state index contributed by atoms with van der Waals surface area (Å²) in [6.07, 6.45) is 1.33. The molecule has 0 bridgehead atoms. The molecule has 2 aromatic rings. The van der Waals surface area contributed by atoms with Crippen LogP contribution >= 0.6 is 0 Å². The molecular formula is C10H9NO2. The molecule has 13 heavy (non-hydrogen) atoms. The predicted octanol–water partition coefficient (Wildman–Crippen LogP) is 2.36. The number of phenols is 1. The lowest BCUT2D eigenvalue weighted by molar-refractivity contribution is 0.475. The number of rotatable bonds is 1. The fraction of sp³-hybridized carbons (Fsp3) is 0.100. The summed E-state index contributed by atoms with van der Waals surface area (Å²) >= 11 is 0. The lowest BCUT2D eigenvalue weighted by Crippen LogP contribution is -1.72. The summed E-state index contributed by atoms with van der Waals surface area (Å²) in [5.41, 5.74) is 0.586. The molecule has 1 aromatic carbocycles. The first kappa shape index (κ1) is 5.07. The molecule has 0 aliphatic heterocycles. The van der Waals surface area contributed by atoms with Crippen molar-refractivity contribution in [3.8, 4) is 17.1 Å². The fourth-order valence-corrected chi connectivity index (χ4v) is 1.07. The van der Waals surface area contributed by atoms with Crippen molar-refractivity contribution in [3.05, 3.63) is 36.4 Å². The van der Waals surface area contributed by atoms with Gasteiger partial charge in [0, 0.05) is 16.5 Å². The summed E-state index contributed by atoms with van der Waals surface area (Å²) in [7, 11) is 0. The molecule has 3 heteroatoms. The maximum Gasteiger partial charge on any atom is 0.191 e. The van der Waals surface area contributed by atoms with E-state index in [2.05, 4.69) is 4.98 Å². The minimum atomic E-state index is -2.35. The van der Waals surface area contributed by atoms with E-state index in [-0.39, 0.29) is 11.6 Å². The predicted molar refractivity (Wildman–Crippen MR) is 48.3 cm³/mol. The number of benzene rings is 1. The molecular weight excluding hydrogens is 166 g/mol. The summed E-state index contributed by atoms with van der Waals surface area (Å²) in [6, 6.07) is 6.33. The molecule has 0 radical (unpaired) electrons. The normalized spacial score (nSPS) is 14.6. The molecule has 0 atom stereocenters. The van der Waals surface area contributed by atoms with Crippen molar-refractivity contribution in [3.63, 3.8) is 0 Å². The molecule has 0 aliphatic carbocycles. The SMILES string of the molecule is [2H]C([2H])([2H])c1ncc(-c2cccc(O)c2)o1. The van der Waals surface area contributed by atoms with Gasteiger partial charge in [-0.25, -0.2) is 4.98 Å². The highest BCUT2D eigenvalue weighted by Crippen LogP contribution is 2.23. The highest BCUT2D eigenvalue weighted by molar-refractivity contribution is 5.58. The highest BCUT2D eigenvalue weighted by Gasteiger charge is 2.03. The van der Waals surface area contributed by atoms with Crippen molar-refractivity contribution < 1.29 is 13.6 Å². The van der Waals surface area contributed by atoms with Crippen molar-refractivity contribution in [1.82, 2.24) is 4.98 Å². The number of nitrogens with zero attached hydrogens (tertiary/aromatic N) is 1. The first-order valence-corrected chi connectivity index (χ1v) is 3.72. The van der Waals surface area contributed by atoms with Crippen molar-refractivity contribution in [2.45, 2.75) is 6.85 Å². The lowest BCUT2D eigenvalue weighted by Gasteiger charge is -1.95. The molecule has 66 valence electrons. The number of hydrogen-bond acceptors (Lipinski definition) is 3. The van der Waals surface area contributed by atoms with Crippen LogP contribution in [-0.4, -0.2) is 10.1 Å². The van der Waals surface area contributed by atoms with E-state index in [9.17, 15) is 5.11 Å². The maximum atomic E-state index is 9.27. The van der Waals surface area contributed by atoms with Gasteiger partial charge in [0.1, 0.15) is 5.75 Å². The molecule has 0 fully saturated rings. The van der Waals surface area contributed by atoms with Gasteiger partial charge < -0.3 is 9.52 Å². The molecule has 1 aromatic heterocycles. The first-order valence-electron chi connectivity index (χ1n) is 5.22. The largest absolute Gasteiger partial charge is 0.508 e. The van der Waals surface area contributed by atoms with Gasteiger partial charge in [-0.2, -0.15) is 0 Å². The van der Waals surface area contributed by atoms with E-state index in [0.717, 1.165) is 0 Å². The number of aromatic hydroxyl groups is 1. The summed E-state index contributed by atoms with van der Waals surface area (Å²) in [6.45, 7) is -2.35. The van der Waals surface area contributed by atoms with Crippen LogP contribution in [0.15, 0.2) is 34.9 Å². The van der Waals surface area contributed by atoms with Gasteiger partial charge >= 0.3 is 0 Å². The minimum Gasteiger partial charge on any atom is -0.508 e. The smallest absolute Gasteiger partial charge is 0.191 e. The number of oxazole rings is 1. The van der Waals surface area contributed by atoms with Crippen LogP contribution in [0, 0.1) is 6.85 Å². The average molecular weight is 178 g/mol. The minimum absolute atomic E-state index is 0.0873. The molecule has 0 unspecified atom stereocenters. The summed E-state index contributed by atoms with van der Waals surface area (Å²) in [5, 5.41) is 9.27. The molecule has 0 saturated carbocycles. The molecule has 3 nitrogen and oxygen atoms in total. The summed E-state index contributed by atoms with van der Waals surface area (Å²) in [5.74, 6) is 0.109. The van der Waals surface area contributed by atoms with Crippen LogP contribution in [0.4, 0.5) is 0 Å². The summed E-state index contributed by atoms with van der Waals surface area (Å²) in [4.78, 5) is 3.68. The first-order chi connectivity index (χ1) is 7.47. The van der Waals surface area contributed by atoms with Gasteiger partial charge in [-0.15, -0.1) is 0 Å². The Morgan fingerprint density at radius 3 is 3.15 bits per heavy atom. The van der Waals surface area contributed by atoms with E-state index in [1.54, 1.807) is 12.1 Å². The van der Waals surface area contributed by atoms with E-state index in [1.165, 1.54) is 18.3 Å². The van der Waals surface area contributed by atoms with E-state index < -0.39 is 6.85 Å². The van der Waals surface area contributed by atoms with E-state index in [0.29, 0.717) is 11.3 Å². The quantitative estimate of drug-likeness (QED) is 0.729. The average Bonchev–Trinajstić information content (AvgIpc) is 2.65. The Balaban J connectivity index is 2.39.